The molecule has 1 aliphatic carbocycles. The molecule has 0 aliphatic heterocycles. The lowest BCUT2D eigenvalue weighted by atomic mass is 10.0. The number of hydrogen-bond donors (Lipinski definition) is 1. The summed E-state index contributed by atoms with van der Waals surface area (Å²) in [6.45, 7) is 3.93. The predicted octanol–water partition coefficient (Wildman–Crippen LogP) is 6.13. The Kier molecular flexibility index (Phi) is 6.17. The van der Waals surface area contributed by atoms with E-state index in [2.05, 4.69) is 10.1 Å². The second kappa shape index (κ2) is 8.59. The largest absolute Gasteiger partial charge is 0.488 e. The fourth-order valence-electron chi connectivity index (χ4n) is 3.39. The predicted molar refractivity (Wildman–Crippen MR) is 104 cm³/mol. The van der Waals surface area contributed by atoms with E-state index >= 15 is 0 Å². The molecule has 0 saturated heterocycles. The number of amides is 1. The van der Waals surface area contributed by atoms with Crippen LogP contribution in [0.3, 0.4) is 0 Å². The first-order valence-electron chi connectivity index (χ1n) is 9.45. The maximum atomic E-state index is 13.6. The average molecular weight is 389 g/mol. The van der Waals surface area contributed by atoms with E-state index in [1.165, 1.54) is 13.2 Å². The van der Waals surface area contributed by atoms with Crippen molar-refractivity contribution in [3.63, 3.8) is 0 Å². The zero-order chi connectivity index (χ0) is 20.3. The van der Waals surface area contributed by atoms with Gasteiger partial charge in [0.25, 0.3) is 6.43 Å². The van der Waals surface area contributed by atoms with Crippen LogP contribution >= 0.6 is 0 Å². The van der Waals surface area contributed by atoms with Crippen molar-refractivity contribution in [1.29, 1.82) is 0 Å². The van der Waals surface area contributed by atoms with E-state index in [1.54, 1.807) is 12.1 Å². The number of carbonyl (C=O) groups is 1. The summed E-state index contributed by atoms with van der Waals surface area (Å²) in [6, 6.07) is 8.83. The summed E-state index contributed by atoms with van der Waals surface area (Å²) in [4.78, 5) is 11.7. The highest BCUT2D eigenvalue weighted by Crippen LogP contribution is 2.44. The van der Waals surface area contributed by atoms with Crippen molar-refractivity contribution in [2.45, 2.75) is 52.1 Å². The minimum Gasteiger partial charge on any atom is -0.488 e. The number of rotatable bonds is 7. The Bertz CT molecular complexity index is 863. The van der Waals surface area contributed by atoms with E-state index in [1.807, 2.05) is 26.0 Å². The van der Waals surface area contributed by atoms with E-state index in [0.29, 0.717) is 18.0 Å². The Morgan fingerprint density at radius 2 is 2.04 bits per heavy atom. The maximum Gasteiger partial charge on any atom is 0.411 e. The molecule has 28 heavy (non-hydrogen) atoms. The topological polar surface area (TPSA) is 47.6 Å². The van der Waals surface area contributed by atoms with Crippen molar-refractivity contribution in [2.24, 2.45) is 0 Å². The number of aryl methyl sites for hydroxylation is 2. The Labute approximate surface area is 163 Å². The van der Waals surface area contributed by atoms with Crippen LogP contribution in [0.15, 0.2) is 30.3 Å². The van der Waals surface area contributed by atoms with Crippen molar-refractivity contribution in [3.8, 4) is 5.75 Å². The van der Waals surface area contributed by atoms with Gasteiger partial charge in [0.1, 0.15) is 12.4 Å². The van der Waals surface area contributed by atoms with Crippen LogP contribution in [0.1, 0.15) is 59.9 Å². The number of methoxy groups -OCH3 is 1. The van der Waals surface area contributed by atoms with Gasteiger partial charge in [-0.25, -0.2) is 13.6 Å². The molecule has 0 radical (unpaired) electrons. The molecule has 6 heteroatoms. The van der Waals surface area contributed by atoms with Gasteiger partial charge in [-0.05, 0) is 67.0 Å². The molecule has 0 heterocycles. The van der Waals surface area contributed by atoms with Gasteiger partial charge >= 0.3 is 6.09 Å². The zero-order valence-corrected chi connectivity index (χ0v) is 16.4. The van der Waals surface area contributed by atoms with Crippen LogP contribution in [0.25, 0.3) is 0 Å². The lowest BCUT2D eigenvalue weighted by Crippen LogP contribution is -2.14. The molecule has 0 spiro atoms. The molecule has 0 atom stereocenters. The number of alkyl halides is 2. The standard InChI is InChI=1S/C22H25F2NO3/c1-4-14-11-17(21(23)24)20(10-13(14)2)28-12-18-16(15-8-9-15)6-5-7-19(18)25-22(26)27-3/h5-7,10-11,15,21H,4,8-9,12H2,1-3H3,(H,25,26). The highest BCUT2D eigenvalue weighted by Gasteiger charge is 2.28. The third-order valence-corrected chi connectivity index (χ3v) is 5.11. The van der Waals surface area contributed by atoms with Gasteiger partial charge < -0.3 is 9.47 Å². The minimum atomic E-state index is -2.62. The van der Waals surface area contributed by atoms with Crippen LogP contribution in [0.4, 0.5) is 19.3 Å². The van der Waals surface area contributed by atoms with E-state index in [-0.39, 0.29) is 17.9 Å². The summed E-state index contributed by atoms with van der Waals surface area (Å²) in [7, 11) is 1.29. The number of halogens is 2. The molecule has 2 aromatic rings. The molecular weight excluding hydrogens is 364 g/mol. The molecule has 2 aromatic carbocycles. The smallest absolute Gasteiger partial charge is 0.411 e. The van der Waals surface area contributed by atoms with Crippen molar-refractivity contribution < 1.29 is 23.0 Å². The van der Waals surface area contributed by atoms with Crippen LogP contribution in [0.5, 0.6) is 5.75 Å². The Balaban J connectivity index is 1.92. The molecule has 0 bridgehead atoms. The van der Waals surface area contributed by atoms with E-state index in [0.717, 1.165) is 35.1 Å². The quantitative estimate of drug-likeness (QED) is 0.620. The van der Waals surface area contributed by atoms with Gasteiger partial charge in [-0.1, -0.05) is 19.1 Å². The van der Waals surface area contributed by atoms with Crippen LogP contribution < -0.4 is 10.1 Å². The van der Waals surface area contributed by atoms with Crippen LogP contribution in [0.2, 0.25) is 0 Å². The van der Waals surface area contributed by atoms with Gasteiger partial charge in [0, 0.05) is 5.56 Å². The highest BCUT2D eigenvalue weighted by molar-refractivity contribution is 5.86. The van der Waals surface area contributed by atoms with Gasteiger partial charge in [0.2, 0.25) is 0 Å². The van der Waals surface area contributed by atoms with E-state index < -0.39 is 12.5 Å². The van der Waals surface area contributed by atoms with Crippen molar-refractivity contribution in [2.75, 3.05) is 12.4 Å². The van der Waals surface area contributed by atoms with Gasteiger partial charge in [0.05, 0.1) is 18.4 Å². The summed E-state index contributed by atoms with van der Waals surface area (Å²) in [5.74, 6) is 0.594. The third-order valence-electron chi connectivity index (χ3n) is 5.11. The molecule has 150 valence electrons. The normalized spacial score (nSPS) is 13.5. The van der Waals surface area contributed by atoms with E-state index in [4.69, 9.17) is 4.74 Å². The fraction of sp³-hybridized carbons (Fsp3) is 0.409. The SMILES string of the molecule is CCc1cc(C(F)F)c(OCc2c(NC(=O)OC)cccc2C2CC2)cc1C. The molecule has 0 aromatic heterocycles. The van der Waals surface area contributed by atoms with Crippen molar-refractivity contribution >= 4 is 11.8 Å². The average Bonchev–Trinajstić information content (AvgIpc) is 3.51. The first kappa shape index (κ1) is 20.1. The number of anilines is 1. The fourth-order valence-corrected chi connectivity index (χ4v) is 3.39. The van der Waals surface area contributed by atoms with Crippen LogP contribution in [0, 0.1) is 6.92 Å². The van der Waals surface area contributed by atoms with Gasteiger partial charge in [-0.2, -0.15) is 0 Å². The summed E-state index contributed by atoms with van der Waals surface area (Å²) >= 11 is 0. The molecule has 0 unspecified atom stereocenters. The molecular formula is C22H25F2NO3. The molecule has 4 nitrogen and oxygen atoms in total. The summed E-state index contributed by atoms with van der Waals surface area (Å²) < 4.78 is 37.7. The van der Waals surface area contributed by atoms with Crippen molar-refractivity contribution in [3.05, 3.63) is 58.1 Å². The van der Waals surface area contributed by atoms with Gasteiger partial charge in [-0.3, -0.25) is 5.32 Å². The van der Waals surface area contributed by atoms with Gasteiger partial charge in [0.15, 0.2) is 0 Å². The number of benzene rings is 2. The second-order valence-corrected chi connectivity index (χ2v) is 7.02. The zero-order valence-electron chi connectivity index (χ0n) is 16.4. The van der Waals surface area contributed by atoms with E-state index in [9.17, 15) is 13.6 Å². The molecule has 1 fully saturated rings. The second-order valence-electron chi connectivity index (χ2n) is 7.02. The van der Waals surface area contributed by atoms with Gasteiger partial charge in [-0.15, -0.1) is 0 Å². The monoisotopic (exact) mass is 389 g/mol. The van der Waals surface area contributed by atoms with Crippen molar-refractivity contribution in [1.82, 2.24) is 0 Å². The van der Waals surface area contributed by atoms with Crippen LogP contribution in [-0.4, -0.2) is 13.2 Å². The number of ether oxygens (including phenoxy) is 2. The minimum absolute atomic E-state index is 0.0939. The highest BCUT2D eigenvalue weighted by atomic mass is 19.3. The Hall–Kier alpha value is -2.63. The Morgan fingerprint density at radius 1 is 1.29 bits per heavy atom. The summed E-state index contributed by atoms with van der Waals surface area (Å²) in [5.41, 5.74) is 4.16. The number of nitrogens with one attached hydrogen (secondary N) is 1. The lowest BCUT2D eigenvalue weighted by Gasteiger charge is -2.18. The lowest BCUT2D eigenvalue weighted by molar-refractivity contribution is 0.144. The number of hydrogen-bond acceptors (Lipinski definition) is 3. The molecule has 1 saturated carbocycles. The summed E-state index contributed by atoms with van der Waals surface area (Å²) in [5, 5.41) is 2.70. The summed E-state index contributed by atoms with van der Waals surface area (Å²) in [6.07, 6.45) is -0.371. The molecule has 3 rings (SSSR count). The van der Waals surface area contributed by atoms with Crippen LogP contribution in [-0.2, 0) is 17.8 Å². The molecule has 1 amide bonds. The maximum absolute atomic E-state index is 13.6. The number of carbonyl (C=O) groups excluding carboxylic acids is 1. The first-order chi connectivity index (χ1) is 13.4. The third kappa shape index (κ3) is 4.43. The molecule has 1 N–H and O–H groups in total. The Morgan fingerprint density at radius 3 is 2.64 bits per heavy atom. The molecule has 1 aliphatic rings. The first-order valence-corrected chi connectivity index (χ1v) is 9.45.